The predicted octanol–water partition coefficient (Wildman–Crippen LogP) is 6.23. The summed E-state index contributed by atoms with van der Waals surface area (Å²) in [7, 11) is 5.90. The number of halogens is 3. The van der Waals surface area contributed by atoms with Crippen molar-refractivity contribution in [3.05, 3.63) is 224 Å². The summed E-state index contributed by atoms with van der Waals surface area (Å²) in [5, 5.41) is 41.5. The smallest absolute Gasteiger partial charge is 0.367 e. The van der Waals surface area contributed by atoms with Crippen LogP contribution in [0.25, 0.3) is 115 Å². The van der Waals surface area contributed by atoms with Crippen LogP contribution in [0.4, 0.5) is 36.4 Å². The van der Waals surface area contributed by atoms with Gasteiger partial charge in [-0.25, -0.2) is 39.1 Å². The van der Waals surface area contributed by atoms with E-state index < -0.39 is 25.0 Å². The normalized spacial score (nSPS) is 14.9. The molecule has 0 unspecified atom stereocenters. The van der Waals surface area contributed by atoms with Gasteiger partial charge in [0.1, 0.15) is 23.3 Å². The van der Waals surface area contributed by atoms with Crippen LogP contribution in [0.15, 0.2) is 117 Å². The quantitative estimate of drug-likeness (QED) is 0.0285. The maximum absolute atomic E-state index is 13.0. The van der Waals surface area contributed by atoms with Crippen LogP contribution in [-0.2, 0) is 0 Å². The first-order valence-corrected chi connectivity index (χ1v) is 47.3. The van der Waals surface area contributed by atoms with Crippen LogP contribution >= 0.6 is 45.3 Å². The lowest BCUT2D eigenvalue weighted by Crippen LogP contribution is -2.41. The number of imidazole rings is 4. The van der Waals surface area contributed by atoms with Crippen molar-refractivity contribution in [3.63, 3.8) is 0 Å². The van der Waals surface area contributed by atoms with E-state index in [9.17, 15) is 51.5 Å². The van der Waals surface area contributed by atoms with Gasteiger partial charge >= 0.3 is 28.9 Å². The Balaban J connectivity index is 0.000000121. The van der Waals surface area contributed by atoms with E-state index in [0.717, 1.165) is 166 Å². The number of alkyl halides is 3. The molecule has 4 saturated carbocycles. The van der Waals surface area contributed by atoms with Crippen LogP contribution in [-0.4, -0.2) is 226 Å². The fraction of sp³-hybridized carbons (Fsp3) is 0.304. The number of aromatic nitrogens is 20. The zero-order chi connectivity index (χ0) is 95.3. The number of likely N-dealkylation sites (tertiary alicyclic amines) is 1. The standard InChI is InChI=1S/C25H30N8O2S.C23H25N7O2S.C22H20F3N7O2S.C22H21N7O2S/c1-15-18(30-25(35)27-15)12-16-14-26-33-22(28-17-6-7-17)13-19(29-23(16)33)20-8-9-21(36-20)24(34)32(4)11-5-10-31(2)3;1-12-15(28-22(32)25-12)9-13-11-24-30-19(26-14-5-6-14)10-16(27-20(13)30)17-7-8-18(33-17)21(31)29-23(2,3)4;1-11-14(31-21(34)28-11)8-12-10-27-32-18(29-13-2-3-13)9-15(30-19(12)32)16-4-5-17(35-16)20(33)26-7-6-22(23,24)25;1-12-15(27-22(31)24-12)9-13-11-23-29-19(25-14-3-4-14)10-16(26-20(13)29)17-5-6-18(32-17)21(30)28-7-2-8-28/h8-9,12-14,17,28H,1,5-7,10-11H2,2-4H3,(H2,27,30,35);7-11,14,26H,1,5-6H2,2-4H3,(H,29,31)(H2,25,28,32);4-5,8-10,13,29H,1-3,6-7H2,(H,26,33)(H2,28,31,34);5-6,9-11,14,25H,1-4,7-8H2,(H2,24,27,31)/b18-12-;15-9-;14-8-;15-9-. The molecule has 136 heavy (non-hydrogen) atoms. The molecule has 14 N–H and O–H groups in total. The van der Waals surface area contributed by atoms with Crippen LogP contribution in [0.2, 0.25) is 0 Å². The van der Waals surface area contributed by atoms with E-state index in [4.69, 9.17) is 19.9 Å². The molecule has 1 saturated heterocycles. The van der Waals surface area contributed by atoms with E-state index >= 15 is 0 Å². The number of anilines is 4. The van der Waals surface area contributed by atoms with Crippen molar-refractivity contribution < 1.29 is 32.3 Å². The molecule has 0 bridgehead atoms. The first kappa shape index (κ1) is 91.6. The van der Waals surface area contributed by atoms with Gasteiger partial charge in [0.05, 0.1) is 136 Å². The maximum atomic E-state index is 13.0. The Hall–Kier alpha value is -14.9. The van der Waals surface area contributed by atoms with Crippen LogP contribution in [0.3, 0.4) is 0 Å². The molecule has 17 heterocycles. The summed E-state index contributed by atoms with van der Waals surface area (Å²) in [5.74, 6) is 2.68. The molecule has 702 valence electrons. The highest BCUT2D eigenvalue weighted by Gasteiger charge is 2.32. The van der Waals surface area contributed by atoms with Gasteiger partial charge in [0.25, 0.3) is 23.6 Å². The van der Waals surface area contributed by atoms with Gasteiger partial charge in [0, 0.05) is 109 Å². The number of nitrogens with zero attached hydrogens (tertiary/aromatic N) is 15. The number of rotatable bonds is 26. The monoisotopic (exact) mass is 1920 g/mol. The fourth-order valence-electron chi connectivity index (χ4n) is 14.6. The number of hydrogen-bond acceptors (Lipinski definition) is 25. The Morgan fingerprint density at radius 2 is 0.765 bits per heavy atom. The number of amides is 4. The van der Waals surface area contributed by atoms with Crippen LogP contribution in [0, 0.1) is 0 Å². The van der Waals surface area contributed by atoms with Gasteiger partial charge in [0.15, 0.2) is 22.6 Å². The number of carbonyl (C=O) groups is 4. The molecule has 16 aromatic heterocycles. The lowest BCUT2D eigenvalue weighted by molar-refractivity contribution is -0.133. The summed E-state index contributed by atoms with van der Waals surface area (Å²) in [6, 6.07) is 24.0. The number of fused-ring (bicyclic) bond motifs is 4. The Labute approximate surface area is 785 Å². The van der Waals surface area contributed by atoms with Crippen molar-refractivity contribution in [1.29, 1.82) is 0 Å². The van der Waals surface area contributed by atoms with Crippen molar-refractivity contribution >= 4 is 165 Å². The van der Waals surface area contributed by atoms with E-state index in [1.165, 1.54) is 34.0 Å². The summed E-state index contributed by atoms with van der Waals surface area (Å²) in [6.45, 7) is 24.1. The molecule has 44 heteroatoms. The number of H-pyrrole nitrogens is 8. The highest BCUT2D eigenvalue weighted by atomic mass is 32.1. The number of thiophene rings is 4. The topological polar surface area (TPSA) is 466 Å². The average molecular weight is 1920 g/mol. The number of hydrogen-bond donors (Lipinski definition) is 14. The zero-order valence-electron chi connectivity index (χ0n) is 74.7. The minimum Gasteiger partial charge on any atom is -0.367 e. The Kier molecular flexibility index (Phi) is 25.5. The molecule has 21 rings (SSSR count). The van der Waals surface area contributed by atoms with Crippen LogP contribution in [0.5, 0.6) is 0 Å². The molecule has 1 aliphatic heterocycles. The van der Waals surface area contributed by atoms with Gasteiger partial charge in [0.2, 0.25) is 0 Å². The molecule has 0 atom stereocenters. The van der Waals surface area contributed by atoms with Gasteiger partial charge < -0.3 is 86.5 Å². The Bertz CT molecular complexity index is 8070. The first-order chi connectivity index (χ1) is 65.1. The number of carbonyl (C=O) groups excluding carboxylic acids is 4. The molecular formula is C92H96F3N29O8S4. The first-order valence-electron chi connectivity index (χ1n) is 44.0. The average Bonchev–Trinajstić information content (AvgIpc) is 1.63. The third kappa shape index (κ3) is 21.6. The van der Waals surface area contributed by atoms with E-state index in [2.05, 4.69) is 123 Å². The van der Waals surface area contributed by atoms with E-state index in [1.807, 2.05) is 120 Å². The van der Waals surface area contributed by atoms with Crippen molar-refractivity contribution in [1.82, 2.24) is 124 Å². The highest BCUT2D eigenvalue weighted by molar-refractivity contribution is 7.18. The molecular weight excluding hydrogens is 1820 g/mol. The molecule has 0 spiro atoms. The van der Waals surface area contributed by atoms with Gasteiger partial charge in [-0.15, -0.1) is 45.3 Å². The predicted molar refractivity (Wildman–Crippen MR) is 522 cm³/mol. The molecule has 4 amide bonds. The summed E-state index contributed by atoms with van der Waals surface area (Å²) >= 11 is 5.43. The molecule has 5 fully saturated rings. The fourth-order valence-corrected chi connectivity index (χ4v) is 18.3. The largest absolute Gasteiger partial charge is 0.390 e. The van der Waals surface area contributed by atoms with Crippen LogP contribution < -0.4 is 97.5 Å². The molecule has 0 radical (unpaired) electrons. The Morgan fingerprint density at radius 3 is 1.06 bits per heavy atom. The van der Waals surface area contributed by atoms with Crippen molar-refractivity contribution in [2.75, 3.05) is 75.1 Å². The van der Waals surface area contributed by atoms with Gasteiger partial charge in [-0.1, -0.05) is 26.3 Å². The van der Waals surface area contributed by atoms with Gasteiger partial charge in [-0.2, -0.15) is 51.6 Å². The summed E-state index contributed by atoms with van der Waals surface area (Å²) in [4.78, 5) is 149. The van der Waals surface area contributed by atoms with E-state index in [0.29, 0.717) is 128 Å². The molecule has 5 aliphatic rings. The maximum Gasteiger partial charge on any atom is 0.390 e. The summed E-state index contributed by atoms with van der Waals surface area (Å²) in [6.07, 6.45) is 19.3. The Morgan fingerprint density at radius 1 is 0.449 bits per heavy atom. The summed E-state index contributed by atoms with van der Waals surface area (Å²) < 4.78 is 44.1. The molecule has 37 nitrogen and oxygen atoms in total. The highest BCUT2D eigenvalue weighted by Crippen LogP contribution is 2.39. The van der Waals surface area contributed by atoms with E-state index in [-0.39, 0.29) is 50.9 Å². The lowest BCUT2D eigenvalue weighted by Gasteiger charge is -2.30. The van der Waals surface area contributed by atoms with E-state index in [1.54, 1.807) is 72.0 Å². The third-order valence-electron chi connectivity index (χ3n) is 22.3. The van der Waals surface area contributed by atoms with Gasteiger partial charge in [-0.05, 0) is 178 Å². The lowest BCUT2D eigenvalue weighted by atomic mass is 10.1. The third-order valence-corrected chi connectivity index (χ3v) is 26.7. The van der Waals surface area contributed by atoms with Crippen molar-refractivity contribution in [2.24, 2.45) is 0 Å². The minimum absolute atomic E-state index is 0.0141. The number of nitrogens with one attached hydrogen (secondary N) is 14. The molecule has 0 aromatic carbocycles. The minimum atomic E-state index is -4.33. The van der Waals surface area contributed by atoms with Crippen molar-refractivity contribution in [3.8, 4) is 42.3 Å². The van der Waals surface area contributed by atoms with Crippen molar-refractivity contribution in [2.45, 2.75) is 127 Å². The zero-order valence-corrected chi connectivity index (χ0v) is 78.0. The SMILES string of the molecule is C=c1[nH]c(=O)[nH]/c1=C\c1cnn2c(NC3CC3)cc(-c3ccc(C(=O)N(C)CCCN(C)C)s3)nc12.C=c1[nH]c(=O)[nH]/c1=C\c1cnn2c(NC3CC3)cc(-c3ccc(C(=O)N4CCC4)s3)nc12.C=c1[nH]c(=O)[nH]/c1=C\c1cnn2c(NC3CC3)cc(-c3ccc(C(=O)NC(C)(C)C)s3)nc12.C=c1[nH]c(=O)[nH]/c1=C\c1cnn2c(NC3CC3)cc(-c3ccc(C(=O)NCCC(F)(F)F)s3)nc12. The number of aromatic amines is 8. The molecule has 16 aromatic rings. The summed E-state index contributed by atoms with van der Waals surface area (Å²) in [5.41, 5.74) is 6.65. The second-order valence-corrected chi connectivity index (χ2v) is 39.4. The second-order valence-electron chi connectivity index (χ2n) is 35.1. The van der Waals surface area contributed by atoms with Gasteiger partial charge in [-0.3, -0.25) is 19.2 Å². The second kappa shape index (κ2) is 37.9. The molecule has 4 aliphatic carbocycles. The van der Waals surface area contributed by atoms with Crippen LogP contribution in [0.1, 0.15) is 152 Å².